The van der Waals surface area contributed by atoms with E-state index in [-0.39, 0.29) is 10.5 Å². The summed E-state index contributed by atoms with van der Waals surface area (Å²) in [6.45, 7) is 1.71. The molecule has 1 rings (SSSR count). The Labute approximate surface area is 154 Å². The third-order valence-electron chi connectivity index (χ3n) is 3.30. The van der Waals surface area contributed by atoms with Crippen molar-refractivity contribution in [1.82, 2.24) is 20.5 Å². The van der Waals surface area contributed by atoms with Gasteiger partial charge in [-0.25, -0.2) is 12.7 Å². The van der Waals surface area contributed by atoms with Gasteiger partial charge in [-0.3, -0.25) is 15.6 Å². The molecule has 0 unspecified atom stereocenters. The van der Waals surface area contributed by atoms with Crippen LogP contribution in [0.25, 0.3) is 0 Å². The van der Waals surface area contributed by atoms with Crippen molar-refractivity contribution in [1.29, 1.82) is 0 Å². The maximum atomic E-state index is 12.1. The summed E-state index contributed by atoms with van der Waals surface area (Å²) in [7, 11) is 3.42. The SMILES string of the molecule is CN(C)S(=O)(=O)c1cccc(C(=O)NNC(=S)NCCC[NH+](C)C)c1. The normalized spacial score (nSPS) is 11.4. The van der Waals surface area contributed by atoms with Gasteiger partial charge in [-0.15, -0.1) is 0 Å². The van der Waals surface area contributed by atoms with Gasteiger partial charge in [-0.05, 0) is 30.4 Å². The standard InChI is InChI=1S/C15H25N5O3S2/c1-19(2)10-6-9-16-15(24)18-17-14(21)12-7-5-8-13(11-12)25(22,23)20(3)4/h5,7-8,11H,6,9-10H2,1-4H3,(H,17,21)(H2,16,18,24)/p+1. The van der Waals surface area contributed by atoms with Crippen LogP contribution in [0.5, 0.6) is 0 Å². The van der Waals surface area contributed by atoms with Gasteiger partial charge < -0.3 is 10.2 Å². The molecule has 0 bridgehead atoms. The number of amides is 1. The van der Waals surface area contributed by atoms with Crippen molar-refractivity contribution in [3.63, 3.8) is 0 Å². The molecular formula is C15H26N5O3S2+. The van der Waals surface area contributed by atoms with Gasteiger partial charge in [0.15, 0.2) is 5.11 Å². The lowest BCUT2D eigenvalue weighted by molar-refractivity contribution is -0.858. The first-order valence-corrected chi connectivity index (χ1v) is 9.65. The van der Waals surface area contributed by atoms with Crippen LogP contribution in [0.15, 0.2) is 29.2 Å². The van der Waals surface area contributed by atoms with E-state index in [9.17, 15) is 13.2 Å². The van der Waals surface area contributed by atoms with Crippen molar-refractivity contribution in [2.75, 3.05) is 41.3 Å². The molecule has 0 spiro atoms. The minimum atomic E-state index is -3.59. The summed E-state index contributed by atoms with van der Waals surface area (Å²) < 4.78 is 25.3. The van der Waals surface area contributed by atoms with E-state index in [1.165, 1.54) is 43.3 Å². The number of rotatable bonds is 7. The number of quaternary nitrogens is 1. The fourth-order valence-corrected chi connectivity index (χ4v) is 2.98. The largest absolute Gasteiger partial charge is 0.361 e. The molecule has 0 aliphatic heterocycles. The highest BCUT2D eigenvalue weighted by Gasteiger charge is 2.18. The predicted molar refractivity (Wildman–Crippen MR) is 101 cm³/mol. The maximum Gasteiger partial charge on any atom is 0.269 e. The van der Waals surface area contributed by atoms with Crippen molar-refractivity contribution < 1.29 is 18.1 Å². The van der Waals surface area contributed by atoms with Gasteiger partial charge >= 0.3 is 0 Å². The number of carbonyl (C=O) groups excluding carboxylic acids is 1. The number of thiocarbonyl (C=S) groups is 1. The van der Waals surface area contributed by atoms with Crippen LogP contribution in [0, 0.1) is 0 Å². The predicted octanol–water partition coefficient (Wildman–Crippen LogP) is -1.42. The summed E-state index contributed by atoms with van der Waals surface area (Å²) in [5.41, 5.74) is 5.27. The minimum absolute atomic E-state index is 0.0528. The van der Waals surface area contributed by atoms with Crippen LogP contribution in [0.4, 0.5) is 0 Å². The zero-order chi connectivity index (χ0) is 19.0. The highest BCUT2D eigenvalue weighted by Crippen LogP contribution is 2.14. The molecule has 0 aliphatic rings. The van der Waals surface area contributed by atoms with Gasteiger partial charge in [0.05, 0.1) is 25.5 Å². The summed E-state index contributed by atoms with van der Waals surface area (Å²) in [6.07, 6.45) is 0.947. The van der Waals surface area contributed by atoms with Crippen LogP contribution in [0.3, 0.4) is 0 Å². The fourth-order valence-electron chi connectivity index (χ4n) is 1.88. The molecule has 0 aromatic heterocycles. The highest BCUT2D eigenvalue weighted by molar-refractivity contribution is 7.89. The Kier molecular flexibility index (Phi) is 8.23. The van der Waals surface area contributed by atoms with Gasteiger partial charge in [0.2, 0.25) is 10.0 Å². The Morgan fingerprint density at radius 1 is 1.24 bits per heavy atom. The van der Waals surface area contributed by atoms with Crippen molar-refractivity contribution in [2.45, 2.75) is 11.3 Å². The molecule has 1 aromatic rings. The smallest absolute Gasteiger partial charge is 0.269 e. The Bertz CT molecular complexity index is 705. The van der Waals surface area contributed by atoms with Crippen LogP contribution < -0.4 is 21.1 Å². The van der Waals surface area contributed by atoms with Gasteiger partial charge in [-0.2, -0.15) is 0 Å². The Morgan fingerprint density at radius 3 is 2.52 bits per heavy atom. The Balaban J connectivity index is 2.57. The van der Waals surface area contributed by atoms with Crippen LogP contribution in [0.1, 0.15) is 16.8 Å². The first-order valence-electron chi connectivity index (χ1n) is 7.80. The van der Waals surface area contributed by atoms with Crippen LogP contribution in [-0.2, 0) is 10.0 Å². The average molecular weight is 389 g/mol. The van der Waals surface area contributed by atoms with Gasteiger partial charge in [0, 0.05) is 32.6 Å². The monoisotopic (exact) mass is 388 g/mol. The quantitative estimate of drug-likeness (QED) is 0.260. The van der Waals surface area contributed by atoms with E-state index < -0.39 is 15.9 Å². The van der Waals surface area contributed by atoms with Gasteiger partial charge in [0.1, 0.15) is 0 Å². The van der Waals surface area contributed by atoms with Crippen LogP contribution >= 0.6 is 12.2 Å². The molecule has 140 valence electrons. The lowest BCUT2D eigenvalue weighted by atomic mass is 10.2. The zero-order valence-corrected chi connectivity index (χ0v) is 16.6. The summed E-state index contributed by atoms with van der Waals surface area (Å²) in [4.78, 5) is 13.5. The Morgan fingerprint density at radius 2 is 1.92 bits per heavy atom. The molecule has 25 heavy (non-hydrogen) atoms. The van der Waals surface area contributed by atoms with E-state index in [2.05, 4.69) is 30.3 Å². The first-order chi connectivity index (χ1) is 11.6. The number of hydrazine groups is 1. The summed E-state index contributed by atoms with van der Waals surface area (Å²) >= 11 is 5.07. The number of sulfonamides is 1. The van der Waals surface area contributed by atoms with Crippen LogP contribution in [0.2, 0.25) is 0 Å². The molecule has 0 saturated heterocycles. The number of nitrogens with one attached hydrogen (secondary N) is 4. The molecule has 0 saturated carbocycles. The van der Waals surface area contributed by atoms with E-state index in [1.54, 1.807) is 0 Å². The van der Waals surface area contributed by atoms with E-state index in [1.807, 2.05) is 0 Å². The molecule has 1 aromatic carbocycles. The molecule has 8 nitrogen and oxygen atoms in total. The molecule has 0 heterocycles. The third-order valence-corrected chi connectivity index (χ3v) is 5.36. The van der Waals surface area contributed by atoms with E-state index in [0.717, 1.165) is 17.3 Å². The van der Waals surface area contributed by atoms with Gasteiger partial charge in [-0.1, -0.05) is 6.07 Å². The average Bonchev–Trinajstić information content (AvgIpc) is 2.56. The summed E-state index contributed by atoms with van der Waals surface area (Å²) in [5.74, 6) is -0.474. The lowest BCUT2D eigenvalue weighted by Crippen LogP contribution is -3.05. The zero-order valence-electron chi connectivity index (χ0n) is 14.9. The fraction of sp³-hybridized carbons (Fsp3) is 0.467. The number of hydrogen-bond acceptors (Lipinski definition) is 4. The number of benzene rings is 1. The van der Waals surface area contributed by atoms with E-state index >= 15 is 0 Å². The van der Waals surface area contributed by atoms with Gasteiger partial charge in [0.25, 0.3) is 5.91 Å². The number of hydrogen-bond donors (Lipinski definition) is 4. The molecular weight excluding hydrogens is 362 g/mol. The van der Waals surface area contributed by atoms with Crippen molar-refractivity contribution in [3.8, 4) is 0 Å². The van der Waals surface area contributed by atoms with Crippen molar-refractivity contribution in [2.24, 2.45) is 0 Å². The second-order valence-electron chi connectivity index (χ2n) is 5.96. The number of carbonyl (C=O) groups is 1. The second-order valence-corrected chi connectivity index (χ2v) is 8.52. The highest BCUT2D eigenvalue weighted by atomic mass is 32.2. The second kappa shape index (κ2) is 9.66. The van der Waals surface area contributed by atoms with E-state index in [0.29, 0.717) is 11.7 Å². The summed E-state index contributed by atoms with van der Waals surface area (Å²) in [5, 5.41) is 3.29. The maximum absolute atomic E-state index is 12.1. The molecule has 4 N–H and O–H groups in total. The van der Waals surface area contributed by atoms with Crippen molar-refractivity contribution >= 4 is 33.3 Å². The van der Waals surface area contributed by atoms with Crippen molar-refractivity contribution in [3.05, 3.63) is 29.8 Å². The molecule has 1 amide bonds. The molecule has 0 fully saturated rings. The molecule has 0 aliphatic carbocycles. The molecule has 0 atom stereocenters. The van der Waals surface area contributed by atoms with E-state index in [4.69, 9.17) is 12.2 Å². The lowest BCUT2D eigenvalue weighted by Gasteiger charge is -2.14. The number of nitrogens with zero attached hydrogens (tertiary/aromatic N) is 1. The topological polar surface area (TPSA) is 95.0 Å². The molecule has 10 heteroatoms. The molecule has 0 radical (unpaired) electrons. The first kappa shape index (κ1) is 21.3. The van der Waals surface area contributed by atoms with Crippen LogP contribution in [-0.4, -0.2) is 65.0 Å². The summed E-state index contributed by atoms with van der Waals surface area (Å²) in [6, 6.07) is 5.81. The third kappa shape index (κ3) is 6.94. The Hall–Kier alpha value is -1.75. The minimum Gasteiger partial charge on any atom is -0.361 e.